The second kappa shape index (κ2) is 10.3. The minimum atomic E-state index is -0.0932. The van der Waals surface area contributed by atoms with Crippen LogP contribution in [-0.2, 0) is 11.3 Å². The summed E-state index contributed by atoms with van der Waals surface area (Å²) in [6.07, 6.45) is 3.02. The Balaban J connectivity index is 1.37. The number of carbonyl (C=O) groups is 2. The molecule has 0 unspecified atom stereocenters. The number of carbonyl (C=O) groups excluding carboxylic acids is 2. The molecule has 6 nitrogen and oxygen atoms in total. The zero-order valence-electron chi connectivity index (χ0n) is 19.1. The number of rotatable bonds is 6. The minimum absolute atomic E-state index is 0.0309. The van der Waals surface area contributed by atoms with Crippen molar-refractivity contribution >= 4 is 11.8 Å². The van der Waals surface area contributed by atoms with Gasteiger partial charge in [0.15, 0.2) is 0 Å². The van der Waals surface area contributed by atoms with Gasteiger partial charge in [-0.25, -0.2) is 0 Å². The summed E-state index contributed by atoms with van der Waals surface area (Å²) < 4.78 is 5.24. The van der Waals surface area contributed by atoms with Gasteiger partial charge in [0.25, 0.3) is 5.91 Å². The molecule has 1 fully saturated rings. The Labute approximate surface area is 194 Å². The van der Waals surface area contributed by atoms with Crippen LogP contribution in [0.4, 0.5) is 0 Å². The molecule has 2 heterocycles. The zero-order chi connectivity index (χ0) is 23.2. The van der Waals surface area contributed by atoms with Gasteiger partial charge in [-0.15, -0.1) is 0 Å². The van der Waals surface area contributed by atoms with Crippen molar-refractivity contribution in [1.29, 1.82) is 0 Å². The van der Waals surface area contributed by atoms with Crippen molar-refractivity contribution in [2.24, 2.45) is 5.92 Å². The van der Waals surface area contributed by atoms with Crippen molar-refractivity contribution in [3.63, 3.8) is 0 Å². The molecule has 4 rings (SSSR count). The van der Waals surface area contributed by atoms with Gasteiger partial charge < -0.3 is 15.0 Å². The molecule has 33 heavy (non-hydrogen) atoms. The van der Waals surface area contributed by atoms with Crippen LogP contribution in [0, 0.1) is 12.8 Å². The van der Waals surface area contributed by atoms with E-state index in [0.29, 0.717) is 43.7 Å². The SMILES string of the molecule is COc1cccc(CNC(=O)C2CCN(C(=O)c3cccnc3-c3ccccc3C)CC2)c1. The highest BCUT2D eigenvalue weighted by molar-refractivity contribution is 6.00. The molecule has 6 heteroatoms. The number of amides is 2. The molecule has 3 aromatic rings. The van der Waals surface area contributed by atoms with Crippen LogP contribution in [0.2, 0.25) is 0 Å². The maximum atomic E-state index is 13.3. The average Bonchev–Trinajstić information content (AvgIpc) is 2.87. The standard InChI is InChI=1S/C27H29N3O3/c1-19-7-3-4-10-23(19)25-24(11-6-14-28-25)27(32)30-15-12-21(13-16-30)26(31)29-18-20-8-5-9-22(17-20)33-2/h3-11,14,17,21H,12-13,15-16,18H2,1-2H3,(H,29,31). The molecule has 170 valence electrons. The first-order valence-electron chi connectivity index (χ1n) is 11.3. The number of hydrogen-bond donors (Lipinski definition) is 1. The number of hydrogen-bond acceptors (Lipinski definition) is 4. The monoisotopic (exact) mass is 443 g/mol. The number of piperidine rings is 1. The smallest absolute Gasteiger partial charge is 0.256 e. The van der Waals surface area contributed by atoms with Gasteiger partial charge in [0, 0.05) is 37.3 Å². The normalized spacial score (nSPS) is 14.1. The summed E-state index contributed by atoms with van der Waals surface area (Å²) in [5.41, 5.74) is 4.35. The van der Waals surface area contributed by atoms with E-state index in [4.69, 9.17) is 4.74 Å². The molecule has 0 aliphatic carbocycles. The quantitative estimate of drug-likeness (QED) is 0.619. The van der Waals surface area contributed by atoms with E-state index in [1.165, 1.54) is 0 Å². The third-order valence-electron chi connectivity index (χ3n) is 6.19. The average molecular weight is 444 g/mol. The van der Waals surface area contributed by atoms with Crippen LogP contribution in [0.25, 0.3) is 11.3 Å². The lowest BCUT2D eigenvalue weighted by Gasteiger charge is -2.31. The number of nitrogens with zero attached hydrogens (tertiary/aromatic N) is 2. The summed E-state index contributed by atoms with van der Waals surface area (Å²) in [5.74, 6) is 0.682. The third kappa shape index (κ3) is 5.22. The lowest BCUT2D eigenvalue weighted by Crippen LogP contribution is -2.43. The fraction of sp³-hybridized carbons (Fsp3) is 0.296. The Morgan fingerprint density at radius 3 is 2.61 bits per heavy atom. The van der Waals surface area contributed by atoms with Crippen LogP contribution in [0.1, 0.15) is 34.3 Å². The first kappa shape index (κ1) is 22.5. The molecular formula is C27H29N3O3. The number of nitrogens with one attached hydrogen (secondary N) is 1. The summed E-state index contributed by atoms with van der Waals surface area (Å²) in [6.45, 7) is 3.59. The summed E-state index contributed by atoms with van der Waals surface area (Å²) >= 11 is 0. The van der Waals surface area contributed by atoms with Crippen LogP contribution in [0.5, 0.6) is 5.75 Å². The fourth-order valence-electron chi connectivity index (χ4n) is 4.26. The van der Waals surface area contributed by atoms with Gasteiger partial charge in [-0.05, 0) is 55.2 Å². The highest BCUT2D eigenvalue weighted by Gasteiger charge is 2.29. The van der Waals surface area contributed by atoms with Crippen molar-refractivity contribution in [3.8, 4) is 17.0 Å². The van der Waals surface area contributed by atoms with E-state index in [1.807, 2.05) is 66.4 Å². The molecule has 0 radical (unpaired) electrons. The van der Waals surface area contributed by atoms with Crippen LogP contribution < -0.4 is 10.1 Å². The van der Waals surface area contributed by atoms with Gasteiger partial charge in [0.2, 0.25) is 5.91 Å². The van der Waals surface area contributed by atoms with E-state index < -0.39 is 0 Å². The number of likely N-dealkylation sites (tertiary alicyclic amines) is 1. The van der Waals surface area contributed by atoms with E-state index in [9.17, 15) is 9.59 Å². The number of benzene rings is 2. The Kier molecular flexibility index (Phi) is 7.03. The molecule has 0 saturated carbocycles. The first-order chi connectivity index (χ1) is 16.1. The molecule has 1 saturated heterocycles. The Hall–Kier alpha value is -3.67. The van der Waals surface area contributed by atoms with E-state index in [2.05, 4.69) is 10.3 Å². The Morgan fingerprint density at radius 1 is 1.06 bits per heavy atom. The maximum absolute atomic E-state index is 13.3. The first-order valence-corrected chi connectivity index (χ1v) is 11.3. The molecule has 0 spiro atoms. The molecule has 1 N–H and O–H groups in total. The number of aromatic nitrogens is 1. The van der Waals surface area contributed by atoms with Gasteiger partial charge >= 0.3 is 0 Å². The van der Waals surface area contributed by atoms with Gasteiger partial charge in [0.05, 0.1) is 18.4 Å². The van der Waals surface area contributed by atoms with Crippen molar-refractivity contribution in [1.82, 2.24) is 15.2 Å². The Bertz CT molecular complexity index is 1140. The van der Waals surface area contributed by atoms with E-state index in [0.717, 1.165) is 22.4 Å². The topological polar surface area (TPSA) is 71.5 Å². The summed E-state index contributed by atoms with van der Waals surface area (Å²) in [6, 6.07) is 19.3. The minimum Gasteiger partial charge on any atom is -0.497 e. The summed E-state index contributed by atoms with van der Waals surface area (Å²) in [4.78, 5) is 32.4. The fourth-order valence-corrected chi connectivity index (χ4v) is 4.26. The predicted molar refractivity (Wildman–Crippen MR) is 128 cm³/mol. The van der Waals surface area contributed by atoms with Gasteiger partial charge in [-0.3, -0.25) is 14.6 Å². The molecular weight excluding hydrogens is 414 g/mol. The highest BCUT2D eigenvalue weighted by Crippen LogP contribution is 2.27. The molecule has 1 aliphatic heterocycles. The lowest BCUT2D eigenvalue weighted by molar-refractivity contribution is -0.126. The van der Waals surface area contributed by atoms with Gasteiger partial charge in [-0.1, -0.05) is 36.4 Å². The highest BCUT2D eigenvalue weighted by atomic mass is 16.5. The molecule has 1 aromatic heterocycles. The second-order valence-corrected chi connectivity index (χ2v) is 8.35. The van der Waals surface area contributed by atoms with Crippen molar-refractivity contribution in [2.75, 3.05) is 20.2 Å². The number of methoxy groups -OCH3 is 1. The molecule has 1 aliphatic rings. The number of aryl methyl sites for hydroxylation is 1. The van der Waals surface area contributed by atoms with E-state index >= 15 is 0 Å². The molecule has 0 atom stereocenters. The van der Waals surface area contributed by atoms with Crippen LogP contribution in [-0.4, -0.2) is 41.9 Å². The van der Waals surface area contributed by atoms with Crippen molar-refractivity contribution < 1.29 is 14.3 Å². The largest absolute Gasteiger partial charge is 0.497 e. The van der Waals surface area contributed by atoms with Gasteiger partial charge in [0.1, 0.15) is 5.75 Å². The number of pyridine rings is 1. The molecule has 2 aromatic carbocycles. The van der Waals surface area contributed by atoms with Crippen LogP contribution >= 0.6 is 0 Å². The summed E-state index contributed by atoms with van der Waals surface area (Å²) in [7, 11) is 1.63. The van der Waals surface area contributed by atoms with Crippen LogP contribution in [0.3, 0.4) is 0 Å². The summed E-state index contributed by atoms with van der Waals surface area (Å²) in [5, 5.41) is 3.02. The van der Waals surface area contributed by atoms with E-state index in [1.54, 1.807) is 19.4 Å². The van der Waals surface area contributed by atoms with Crippen LogP contribution in [0.15, 0.2) is 66.9 Å². The molecule has 0 bridgehead atoms. The zero-order valence-corrected chi connectivity index (χ0v) is 19.1. The van der Waals surface area contributed by atoms with Crippen molar-refractivity contribution in [2.45, 2.75) is 26.3 Å². The maximum Gasteiger partial charge on any atom is 0.256 e. The second-order valence-electron chi connectivity index (χ2n) is 8.35. The predicted octanol–water partition coefficient (Wildman–Crippen LogP) is 4.23. The van der Waals surface area contributed by atoms with Gasteiger partial charge in [-0.2, -0.15) is 0 Å². The molecule has 2 amide bonds. The Morgan fingerprint density at radius 2 is 1.85 bits per heavy atom. The van der Waals surface area contributed by atoms with Crippen molar-refractivity contribution in [3.05, 3.63) is 83.6 Å². The lowest BCUT2D eigenvalue weighted by atomic mass is 9.94. The third-order valence-corrected chi connectivity index (χ3v) is 6.19. The number of ether oxygens (including phenoxy) is 1. The van der Waals surface area contributed by atoms with E-state index in [-0.39, 0.29) is 17.7 Å².